The van der Waals surface area contributed by atoms with Gasteiger partial charge in [0.15, 0.2) is 0 Å². The van der Waals surface area contributed by atoms with Gasteiger partial charge in [0.1, 0.15) is 18.1 Å². The van der Waals surface area contributed by atoms with Crippen molar-refractivity contribution in [1.29, 1.82) is 0 Å². The fourth-order valence-electron chi connectivity index (χ4n) is 1.42. The van der Waals surface area contributed by atoms with Gasteiger partial charge >= 0.3 is 6.36 Å². The lowest BCUT2D eigenvalue weighted by Crippen LogP contribution is -2.18. The van der Waals surface area contributed by atoms with Crippen molar-refractivity contribution in [2.45, 2.75) is 19.4 Å². The van der Waals surface area contributed by atoms with Crippen LogP contribution < -0.4 is 9.47 Å². The van der Waals surface area contributed by atoms with Crippen LogP contribution in [0.25, 0.3) is 0 Å². The summed E-state index contributed by atoms with van der Waals surface area (Å²) in [4.78, 5) is 0. The van der Waals surface area contributed by atoms with Crippen LogP contribution in [0.2, 0.25) is 0 Å². The first-order chi connectivity index (χ1) is 8.83. The van der Waals surface area contributed by atoms with Crippen LogP contribution in [0.3, 0.4) is 0 Å². The summed E-state index contributed by atoms with van der Waals surface area (Å²) in [6.07, 6.45) is -5.48. The molecule has 1 atom stereocenters. The molecule has 0 radical (unpaired) electrons. The van der Waals surface area contributed by atoms with Crippen LogP contribution in [0, 0.1) is 0 Å². The predicted molar refractivity (Wildman–Crippen MR) is 61.1 cm³/mol. The first-order valence-corrected chi connectivity index (χ1v) is 5.53. The number of aliphatic hydroxyl groups is 1. The van der Waals surface area contributed by atoms with Gasteiger partial charge in [-0.05, 0) is 19.1 Å². The molecule has 7 heteroatoms. The molecule has 4 nitrogen and oxygen atoms in total. The van der Waals surface area contributed by atoms with Gasteiger partial charge in [-0.15, -0.1) is 13.2 Å². The first-order valence-electron chi connectivity index (χ1n) is 5.53. The Morgan fingerprint density at radius 3 is 2.47 bits per heavy atom. The molecular formula is C12H15F3O4. The van der Waals surface area contributed by atoms with Gasteiger partial charge < -0.3 is 14.6 Å². The number of halogens is 3. The molecule has 0 heterocycles. The van der Waals surface area contributed by atoms with Crippen molar-refractivity contribution in [3.05, 3.63) is 23.8 Å². The fourth-order valence-corrected chi connectivity index (χ4v) is 1.42. The lowest BCUT2D eigenvalue weighted by molar-refractivity contribution is -0.325. The van der Waals surface area contributed by atoms with Gasteiger partial charge in [0.2, 0.25) is 0 Å². The maximum absolute atomic E-state index is 11.8. The van der Waals surface area contributed by atoms with Crippen molar-refractivity contribution in [3.63, 3.8) is 0 Å². The molecule has 0 amide bonds. The van der Waals surface area contributed by atoms with Gasteiger partial charge in [0.25, 0.3) is 0 Å². The van der Waals surface area contributed by atoms with Crippen molar-refractivity contribution < 1.29 is 32.5 Å². The fraction of sp³-hybridized carbons (Fsp3) is 0.500. The number of benzene rings is 1. The molecular weight excluding hydrogens is 265 g/mol. The Kier molecular flexibility index (Phi) is 5.44. The zero-order valence-corrected chi connectivity index (χ0v) is 10.5. The number of alkyl halides is 3. The third kappa shape index (κ3) is 5.35. The van der Waals surface area contributed by atoms with Gasteiger partial charge in [-0.3, -0.25) is 4.74 Å². The average molecular weight is 280 g/mol. The molecule has 0 aliphatic carbocycles. The highest BCUT2D eigenvalue weighted by Gasteiger charge is 2.28. The molecule has 1 rings (SSSR count). The molecule has 0 unspecified atom stereocenters. The molecule has 0 aromatic heterocycles. The number of methoxy groups -OCH3 is 1. The zero-order valence-electron chi connectivity index (χ0n) is 10.5. The van der Waals surface area contributed by atoms with Crippen molar-refractivity contribution in [2.24, 2.45) is 0 Å². The lowest BCUT2D eigenvalue weighted by atomic mass is 10.1. The molecule has 0 fully saturated rings. The summed E-state index contributed by atoms with van der Waals surface area (Å²) in [5, 5.41) is 9.52. The highest BCUT2D eigenvalue weighted by molar-refractivity contribution is 5.41. The van der Waals surface area contributed by atoms with Crippen molar-refractivity contribution in [1.82, 2.24) is 0 Å². The van der Waals surface area contributed by atoms with Crippen molar-refractivity contribution in [3.8, 4) is 11.5 Å². The van der Waals surface area contributed by atoms with E-state index < -0.39 is 19.1 Å². The third-order valence-electron chi connectivity index (χ3n) is 2.28. The largest absolute Gasteiger partial charge is 0.522 e. The summed E-state index contributed by atoms with van der Waals surface area (Å²) in [5.74, 6) is 0.747. The number of ether oxygens (including phenoxy) is 3. The van der Waals surface area contributed by atoms with Crippen LogP contribution in [-0.4, -0.2) is 31.8 Å². The molecule has 1 aromatic carbocycles. The first kappa shape index (κ1) is 15.6. The van der Waals surface area contributed by atoms with Crippen LogP contribution in [-0.2, 0) is 4.74 Å². The molecule has 0 aliphatic rings. The number of hydrogen-bond acceptors (Lipinski definition) is 4. The Balaban J connectivity index is 2.65. The van der Waals surface area contributed by atoms with E-state index in [1.807, 2.05) is 0 Å². The molecule has 1 aromatic rings. The topological polar surface area (TPSA) is 47.9 Å². The SMILES string of the molecule is COc1ccc([C@@H](C)O)c(OCCOC(F)(F)F)c1. The molecule has 0 bridgehead atoms. The highest BCUT2D eigenvalue weighted by Crippen LogP contribution is 2.29. The van der Waals surface area contributed by atoms with E-state index in [2.05, 4.69) is 4.74 Å². The van der Waals surface area contributed by atoms with E-state index in [9.17, 15) is 18.3 Å². The summed E-state index contributed by atoms with van der Waals surface area (Å²) in [6.45, 7) is 0.618. The summed E-state index contributed by atoms with van der Waals surface area (Å²) >= 11 is 0. The maximum Gasteiger partial charge on any atom is 0.522 e. The lowest BCUT2D eigenvalue weighted by Gasteiger charge is -2.15. The standard InChI is InChI=1S/C12H15F3O4/c1-8(16)10-4-3-9(17-2)7-11(10)18-5-6-19-12(13,14)15/h3-4,7-8,16H,5-6H2,1-2H3/t8-/m1/s1. The minimum atomic E-state index is -4.68. The second-order valence-electron chi connectivity index (χ2n) is 3.72. The van der Waals surface area contributed by atoms with Crippen LogP contribution in [0.4, 0.5) is 13.2 Å². The molecule has 0 saturated carbocycles. The minimum absolute atomic E-state index is 0.264. The monoisotopic (exact) mass is 280 g/mol. The van der Waals surface area contributed by atoms with Gasteiger partial charge in [-0.1, -0.05) is 0 Å². The van der Waals surface area contributed by atoms with Gasteiger partial charge in [-0.25, -0.2) is 0 Å². The summed E-state index contributed by atoms with van der Waals surface area (Å²) < 4.78 is 49.0. The van der Waals surface area contributed by atoms with E-state index in [1.54, 1.807) is 12.1 Å². The summed E-state index contributed by atoms with van der Waals surface area (Å²) in [5.41, 5.74) is 0.466. The van der Waals surface area contributed by atoms with Crippen LogP contribution >= 0.6 is 0 Å². The Labute approximate surface area is 108 Å². The summed E-state index contributed by atoms with van der Waals surface area (Å²) in [6, 6.07) is 4.71. The third-order valence-corrected chi connectivity index (χ3v) is 2.28. The molecule has 1 N–H and O–H groups in total. The number of hydrogen-bond donors (Lipinski definition) is 1. The smallest absolute Gasteiger partial charge is 0.497 e. The normalized spacial score (nSPS) is 13.2. The van der Waals surface area contributed by atoms with Gasteiger partial charge in [0.05, 0.1) is 19.8 Å². The van der Waals surface area contributed by atoms with Crippen molar-refractivity contribution >= 4 is 0 Å². The molecule has 108 valence electrons. The van der Waals surface area contributed by atoms with E-state index >= 15 is 0 Å². The zero-order chi connectivity index (χ0) is 14.5. The van der Waals surface area contributed by atoms with E-state index in [-0.39, 0.29) is 12.4 Å². The van der Waals surface area contributed by atoms with Crippen LogP contribution in [0.15, 0.2) is 18.2 Å². The molecule has 0 saturated heterocycles. The molecule has 19 heavy (non-hydrogen) atoms. The maximum atomic E-state index is 11.8. The Bertz CT molecular complexity index is 404. The second-order valence-corrected chi connectivity index (χ2v) is 3.72. The Hall–Kier alpha value is -1.47. The van der Waals surface area contributed by atoms with E-state index in [0.717, 1.165) is 0 Å². The Morgan fingerprint density at radius 1 is 1.26 bits per heavy atom. The average Bonchev–Trinajstić information content (AvgIpc) is 2.33. The van der Waals surface area contributed by atoms with Gasteiger partial charge in [0, 0.05) is 11.6 Å². The van der Waals surface area contributed by atoms with Gasteiger partial charge in [-0.2, -0.15) is 0 Å². The quantitative estimate of drug-likeness (QED) is 0.814. The summed E-state index contributed by atoms with van der Waals surface area (Å²) in [7, 11) is 1.45. The van der Waals surface area contributed by atoms with Crippen molar-refractivity contribution in [2.75, 3.05) is 20.3 Å². The van der Waals surface area contributed by atoms with E-state index in [0.29, 0.717) is 11.3 Å². The highest BCUT2D eigenvalue weighted by atomic mass is 19.4. The van der Waals surface area contributed by atoms with Crippen LogP contribution in [0.5, 0.6) is 11.5 Å². The minimum Gasteiger partial charge on any atom is -0.497 e. The van der Waals surface area contributed by atoms with Crippen LogP contribution in [0.1, 0.15) is 18.6 Å². The molecule has 0 spiro atoms. The van der Waals surface area contributed by atoms with E-state index in [1.165, 1.54) is 20.1 Å². The number of rotatable bonds is 6. The van der Waals surface area contributed by atoms with E-state index in [4.69, 9.17) is 9.47 Å². The number of aliphatic hydroxyl groups excluding tert-OH is 1. The Morgan fingerprint density at radius 2 is 1.95 bits per heavy atom. The predicted octanol–water partition coefficient (Wildman–Crippen LogP) is 2.66. The molecule has 0 aliphatic heterocycles. The second kappa shape index (κ2) is 6.63.